The molecule has 0 spiro atoms. The summed E-state index contributed by atoms with van der Waals surface area (Å²) in [7, 11) is 0. The van der Waals surface area contributed by atoms with Gasteiger partial charge in [-0.15, -0.1) is 12.4 Å². The fourth-order valence-corrected chi connectivity index (χ4v) is 2.28. The molecule has 0 aromatic heterocycles. The molecule has 0 unspecified atom stereocenters. The van der Waals surface area contributed by atoms with Gasteiger partial charge in [0.1, 0.15) is 18.1 Å². The van der Waals surface area contributed by atoms with Crippen molar-refractivity contribution in [3.8, 4) is 5.75 Å². The second-order valence-electron chi connectivity index (χ2n) is 4.93. The first-order valence-corrected chi connectivity index (χ1v) is 7.30. The molecule has 1 aliphatic heterocycles. The minimum absolute atomic E-state index is 0. The van der Waals surface area contributed by atoms with Crippen molar-refractivity contribution in [2.75, 3.05) is 23.4 Å². The summed E-state index contributed by atoms with van der Waals surface area (Å²) >= 11 is 0. The molecule has 0 radical (unpaired) electrons. The number of hydrogen-bond acceptors (Lipinski definition) is 4. The Balaban J connectivity index is 0.00000208. The molecule has 24 heavy (non-hydrogen) atoms. The minimum Gasteiger partial charge on any atom is -0.494 e. The van der Waals surface area contributed by atoms with Crippen molar-refractivity contribution in [2.45, 2.75) is 6.92 Å². The average molecular weight is 350 g/mol. The molecule has 126 valence electrons. The maximum Gasteiger partial charge on any atom is 0.255 e. The predicted octanol–water partition coefficient (Wildman–Crippen LogP) is 3.46. The van der Waals surface area contributed by atoms with E-state index in [0.29, 0.717) is 23.9 Å². The number of nitrogens with one attached hydrogen (secondary N) is 1. The highest BCUT2D eigenvalue weighted by Crippen LogP contribution is 2.23. The molecule has 7 heteroatoms. The molecule has 1 amide bonds. The molecule has 2 aromatic carbocycles. The molecule has 3 rings (SSSR count). The van der Waals surface area contributed by atoms with Gasteiger partial charge in [-0.05, 0) is 55.5 Å². The van der Waals surface area contributed by atoms with Crippen molar-refractivity contribution in [3.05, 3.63) is 54.3 Å². The smallest absolute Gasteiger partial charge is 0.255 e. The van der Waals surface area contributed by atoms with E-state index in [1.165, 1.54) is 17.0 Å². The molecule has 1 heterocycles. The second-order valence-corrected chi connectivity index (χ2v) is 4.93. The lowest BCUT2D eigenvalue weighted by Crippen LogP contribution is -2.36. The SMILES string of the molecule is CCOc1ccc(N2C(=O)CN=C2Nc2ccc(F)cc2)cc1.Cl. The number of aliphatic imine (C=N–C) groups is 1. The quantitative estimate of drug-likeness (QED) is 0.919. The molecule has 2 aromatic rings. The molecule has 0 saturated carbocycles. The van der Waals surface area contributed by atoms with Gasteiger partial charge in [0.2, 0.25) is 5.96 Å². The van der Waals surface area contributed by atoms with Crippen LogP contribution >= 0.6 is 12.4 Å². The Hall–Kier alpha value is -2.60. The molecular formula is C17H17ClFN3O2. The maximum absolute atomic E-state index is 13.0. The van der Waals surface area contributed by atoms with Crippen LogP contribution in [0, 0.1) is 5.82 Å². The number of hydrogen-bond donors (Lipinski definition) is 1. The van der Waals surface area contributed by atoms with E-state index < -0.39 is 0 Å². The van der Waals surface area contributed by atoms with Gasteiger partial charge in [-0.25, -0.2) is 14.3 Å². The highest BCUT2D eigenvalue weighted by molar-refractivity contribution is 6.24. The van der Waals surface area contributed by atoms with E-state index in [-0.39, 0.29) is 30.7 Å². The summed E-state index contributed by atoms with van der Waals surface area (Å²) in [6.45, 7) is 2.58. The molecule has 0 aliphatic carbocycles. The van der Waals surface area contributed by atoms with Crippen LogP contribution in [0.5, 0.6) is 5.75 Å². The van der Waals surface area contributed by atoms with Gasteiger partial charge in [0.25, 0.3) is 5.91 Å². The lowest BCUT2D eigenvalue weighted by Gasteiger charge is -2.19. The highest BCUT2D eigenvalue weighted by Gasteiger charge is 2.27. The lowest BCUT2D eigenvalue weighted by atomic mass is 10.2. The van der Waals surface area contributed by atoms with E-state index in [1.807, 2.05) is 6.92 Å². The van der Waals surface area contributed by atoms with Crippen LogP contribution in [0.25, 0.3) is 0 Å². The van der Waals surface area contributed by atoms with E-state index in [2.05, 4.69) is 10.3 Å². The Morgan fingerprint density at radius 3 is 2.46 bits per heavy atom. The Kier molecular flexibility index (Phi) is 5.76. The molecule has 0 saturated heterocycles. The standard InChI is InChI=1S/C17H16FN3O2.ClH/c1-2-23-15-9-7-14(8-10-15)21-16(22)11-19-17(21)20-13-5-3-12(18)4-6-13;/h3-10H,2,11H2,1H3,(H,19,20);1H. The molecule has 0 bridgehead atoms. The van der Waals surface area contributed by atoms with Crippen LogP contribution in [0.3, 0.4) is 0 Å². The Morgan fingerprint density at radius 2 is 1.83 bits per heavy atom. The third-order valence-electron chi connectivity index (χ3n) is 3.33. The predicted molar refractivity (Wildman–Crippen MR) is 94.7 cm³/mol. The third kappa shape index (κ3) is 3.83. The summed E-state index contributed by atoms with van der Waals surface area (Å²) in [6.07, 6.45) is 0. The van der Waals surface area contributed by atoms with E-state index in [4.69, 9.17) is 4.74 Å². The minimum atomic E-state index is -0.316. The van der Waals surface area contributed by atoms with Crippen LogP contribution in [0.1, 0.15) is 6.92 Å². The fraction of sp³-hybridized carbons (Fsp3) is 0.176. The Morgan fingerprint density at radius 1 is 1.17 bits per heavy atom. The Bertz CT molecular complexity index is 733. The van der Waals surface area contributed by atoms with Gasteiger partial charge in [0.15, 0.2) is 0 Å². The van der Waals surface area contributed by atoms with Crippen molar-refractivity contribution in [2.24, 2.45) is 4.99 Å². The molecule has 0 fully saturated rings. The van der Waals surface area contributed by atoms with Gasteiger partial charge in [0.05, 0.1) is 12.3 Å². The number of rotatable bonds is 4. The van der Waals surface area contributed by atoms with Crippen LogP contribution in [-0.4, -0.2) is 25.0 Å². The number of carbonyl (C=O) groups excluding carboxylic acids is 1. The summed E-state index contributed by atoms with van der Waals surface area (Å²) in [6, 6.07) is 13.1. The maximum atomic E-state index is 13.0. The number of nitrogens with zero attached hydrogens (tertiary/aromatic N) is 2. The fourth-order valence-electron chi connectivity index (χ4n) is 2.28. The monoisotopic (exact) mass is 349 g/mol. The highest BCUT2D eigenvalue weighted by atomic mass is 35.5. The average Bonchev–Trinajstić information content (AvgIpc) is 2.91. The first-order valence-electron chi connectivity index (χ1n) is 7.30. The van der Waals surface area contributed by atoms with E-state index >= 15 is 0 Å². The molecule has 5 nitrogen and oxygen atoms in total. The number of guanidine groups is 1. The number of halogens is 2. The van der Waals surface area contributed by atoms with E-state index in [9.17, 15) is 9.18 Å². The van der Waals surface area contributed by atoms with Crippen LogP contribution < -0.4 is 15.0 Å². The second kappa shape index (κ2) is 7.79. The zero-order chi connectivity index (χ0) is 16.2. The Labute approximate surface area is 145 Å². The number of ether oxygens (including phenoxy) is 1. The van der Waals surface area contributed by atoms with Crippen molar-refractivity contribution in [1.29, 1.82) is 0 Å². The van der Waals surface area contributed by atoms with Gasteiger partial charge in [0, 0.05) is 5.69 Å². The largest absolute Gasteiger partial charge is 0.494 e. The molecular weight excluding hydrogens is 333 g/mol. The zero-order valence-corrected chi connectivity index (χ0v) is 13.8. The summed E-state index contributed by atoms with van der Waals surface area (Å²) < 4.78 is 18.4. The van der Waals surface area contributed by atoms with Crippen LogP contribution in [0.2, 0.25) is 0 Å². The van der Waals surface area contributed by atoms with Crippen molar-refractivity contribution >= 4 is 35.6 Å². The first kappa shape index (κ1) is 17.7. The number of carbonyl (C=O) groups is 1. The summed E-state index contributed by atoms with van der Waals surface area (Å²) in [5, 5.41) is 3.04. The number of benzene rings is 2. The van der Waals surface area contributed by atoms with Crippen molar-refractivity contribution in [3.63, 3.8) is 0 Å². The zero-order valence-electron chi connectivity index (χ0n) is 13.0. The number of amides is 1. The van der Waals surface area contributed by atoms with E-state index in [0.717, 1.165) is 5.75 Å². The summed E-state index contributed by atoms with van der Waals surface area (Å²) in [5.41, 5.74) is 1.36. The summed E-state index contributed by atoms with van der Waals surface area (Å²) in [4.78, 5) is 17.8. The van der Waals surface area contributed by atoms with Crippen molar-refractivity contribution in [1.82, 2.24) is 0 Å². The molecule has 0 atom stereocenters. The summed E-state index contributed by atoms with van der Waals surface area (Å²) in [5.74, 6) is 0.723. The topological polar surface area (TPSA) is 53.9 Å². The van der Waals surface area contributed by atoms with Crippen LogP contribution in [-0.2, 0) is 4.79 Å². The van der Waals surface area contributed by atoms with Gasteiger partial charge in [-0.1, -0.05) is 0 Å². The normalized spacial score (nSPS) is 13.3. The lowest BCUT2D eigenvalue weighted by molar-refractivity contribution is -0.115. The van der Waals surface area contributed by atoms with Gasteiger partial charge >= 0.3 is 0 Å². The number of anilines is 2. The first-order chi connectivity index (χ1) is 11.2. The van der Waals surface area contributed by atoms with Gasteiger partial charge in [-0.2, -0.15) is 0 Å². The molecule has 1 aliphatic rings. The van der Waals surface area contributed by atoms with E-state index in [1.54, 1.807) is 36.4 Å². The van der Waals surface area contributed by atoms with Crippen LogP contribution in [0.15, 0.2) is 53.5 Å². The van der Waals surface area contributed by atoms with Crippen molar-refractivity contribution < 1.29 is 13.9 Å². The molecule has 1 N–H and O–H groups in total. The van der Waals surface area contributed by atoms with Crippen LogP contribution in [0.4, 0.5) is 15.8 Å². The van der Waals surface area contributed by atoms with Gasteiger partial charge in [-0.3, -0.25) is 4.79 Å². The third-order valence-corrected chi connectivity index (χ3v) is 3.33. The van der Waals surface area contributed by atoms with Gasteiger partial charge < -0.3 is 10.1 Å².